The van der Waals surface area contributed by atoms with E-state index < -0.39 is 0 Å². The average Bonchev–Trinajstić information content (AvgIpc) is 3.20. The van der Waals surface area contributed by atoms with E-state index in [9.17, 15) is 4.79 Å². The first kappa shape index (κ1) is 23.0. The lowest BCUT2D eigenvalue weighted by Gasteiger charge is -2.56. The van der Waals surface area contributed by atoms with Gasteiger partial charge in [-0.3, -0.25) is 4.79 Å². The molecule has 4 bridgehead atoms. The van der Waals surface area contributed by atoms with Gasteiger partial charge in [-0.25, -0.2) is 9.97 Å². The zero-order valence-corrected chi connectivity index (χ0v) is 22.7. The number of hydrogen-bond acceptors (Lipinski definition) is 5. The van der Waals surface area contributed by atoms with Crippen LogP contribution in [0.3, 0.4) is 0 Å². The van der Waals surface area contributed by atoms with Gasteiger partial charge in [0.2, 0.25) is 5.91 Å². The number of fused-ring (bicyclic) bond motifs is 3. The quantitative estimate of drug-likeness (QED) is 0.355. The fraction of sp³-hybridized carbons (Fsp3) is 0.759. The standard InChI is InChI=1S/C29H39N3OS2/c1-17-7-8-22-23(9-17)35-27-25(22)26(34-16-24(33)30-21-5-3-2-4-6-21)31-28(32-27)29-13-18-10-19(14-29)12-20(11-18)15-29/h17-21H,2-16H2,1H3,(H,30,33)/t17-,18?,19?,20?,29?/m1/s1. The van der Waals surface area contributed by atoms with Crippen molar-refractivity contribution in [2.24, 2.45) is 23.7 Å². The molecule has 2 aromatic rings. The Balaban J connectivity index is 1.22. The van der Waals surface area contributed by atoms with Crippen molar-refractivity contribution in [2.45, 2.75) is 113 Å². The third-order valence-electron chi connectivity index (χ3n) is 9.94. The van der Waals surface area contributed by atoms with Gasteiger partial charge in [-0.05, 0) is 99.9 Å². The number of thiophene rings is 1. The molecule has 188 valence electrons. The molecule has 0 radical (unpaired) electrons. The predicted octanol–water partition coefficient (Wildman–Crippen LogP) is 6.82. The predicted molar refractivity (Wildman–Crippen MR) is 144 cm³/mol. The van der Waals surface area contributed by atoms with Crippen molar-refractivity contribution in [2.75, 3.05) is 5.75 Å². The summed E-state index contributed by atoms with van der Waals surface area (Å²) in [6, 6.07) is 0.375. The van der Waals surface area contributed by atoms with Gasteiger partial charge in [-0.15, -0.1) is 11.3 Å². The summed E-state index contributed by atoms with van der Waals surface area (Å²) in [6.07, 6.45) is 17.8. The van der Waals surface area contributed by atoms with Crippen LogP contribution in [0.2, 0.25) is 0 Å². The summed E-state index contributed by atoms with van der Waals surface area (Å²) < 4.78 is 0. The van der Waals surface area contributed by atoms with Crippen molar-refractivity contribution in [3.63, 3.8) is 0 Å². The minimum Gasteiger partial charge on any atom is -0.353 e. The zero-order valence-electron chi connectivity index (χ0n) is 21.1. The molecule has 6 heteroatoms. The van der Waals surface area contributed by atoms with Crippen LogP contribution in [-0.4, -0.2) is 27.7 Å². The molecular formula is C29H39N3OS2. The minimum atomic E-state index is 0.183. The second kappa shape index (κ2) is 9.01. The Hall–Kier alpha value is -1.14. The van der Waals surface area contributed by atoms with Crippen molar-refractivity contribution < 1.29 is 4.79 Å². The van der Waals surface area contributed by atoms with E-state index in [0.717, 1.165) is 53.8 Å². The number of carbonyl (C=O) groups excluding carboxylic acids is 1. The van der Waals surface area contributed by atoms with Crippen LogP contribution in [-0.2, 0) is 23.1 Å². The lowest BCUT2D eigenvalue weighted by molar-refractivity contribution is -0.119. The fourth-order valence-electron chi connectivity index (χ4n) is 8.69. The average molecular weight is 510 g/mol. The van der Waals surface area contributed by atoms with Crippen LogP contribution in [0, 0.1) is 23.7 Å². The topological polar surface area (TPSA) is 54.9 Å². The summed E-state index contributed by atoms with van der Waals surface area (Å²) in [4.78, 5) is 26.4. The molecule has 0 spiro atoms. The largest absolute Gasteiger partial charge is 0.353 e. The van der Waals surface area contributed by atoms with Crippen LogP contribution < -0.4 is 5.32 Å². The van der Waals surface area contributed by atoms with Gasteiger partial charge < -0.3 is 5.32 Å². The molecule has 1 atom stereocenters. The number of nitrogens with one attached hydrogen (secondary N) is 1. The highest BCUT2D eigenvalue weighted by Gasteiger charge is 2.53. The molecule has 0 aliphatic heterocycles. The summed E-state index contributed by atoms with van der Waals surface area (Å²) >= 11 is 3.62. The number of thioether (sulfide) groups is 1. The van der Waals surface area contributed by atoms with Gasteiger partial charge in [0.1, 0.15) is 15.7 Å². The van der Waals surface area contributed by atoms with E-state index in [1.54, 1.807) is 11.8 Å². The Kier molecular flexibility index (Phi) is 5.92. The molecule has 0 saturated heterocycles. The number of nitrogens with zero attached hydrogens (tertiary/aromatic N) is 2. The third kappa shape index (κ3) is 4.24. The van der Waals surface area contributed by atoms with Gasteiger partial charge in [0.25, 0.3) is 0 Å². The van der Waals surface area contributed by atoms with E-state index in [-0.39, 0.29) is 11.3 Å². The van der Waals surface area contributed by atoms with Crippen LogP contribution >= 0.6 is 23.1 Å². The summed E-state index contributed by atoms with van der Waals surface area (Å²) in [6.45, 7) is 2.38. The molecule has 0 aromatic carbocycles. The number of rotatable bonds is 5. The van der Waals surface area contributed by atoms with Gasteiger partial charge in [-0.1, -0.05) is 37.9 Å². The molecule has 2 heterocycles. The number of carbonyl (C=O) groups is 1. The van der Waals surface area contributed by atoms with Gasteiger partial charge >= 0.3 is 0 Å². The fourth-order valence-corrected chi connectivity index (χ4v) is 11.0. The van der Waals surface area contributed by atoms with E-state index in [2.05, 4.69) is 12.2 Å². The highest BCUT2D eigenvalue weighted by molar-refractivity contribution is 8.00. The molecule has 8 rings (SSSR count). The van der Waals surface area contributed by atoms with E-state index in [4.69, 9.17) is 9.97 Å². The minimum absolute atomic E-state index is 0.183. The number of amides is 1. The van der Waals surface area contributed by atoms with Crippen LogP contribution in [0.15, 0.2) is 5.03 Å². The van der Waals surface area contributed by atoms with Gasteiger partial charge in [0.15, 0.2) is 0 Å². The molecule has 35 heavy (non-hydrogen) atoms. The monoisotopic (exact) mass is 509 g/mol. The lowest BCUT2D eigenvalue weighted by Crippen LogP contribution is -2.49. The maximum Gasteiger partial charge on any atom is 0.230 e. The van der Waals surface area contributed by atoms with Crippen molar-refractivity contribution in [1.82, 2.24) is 15.3 Å². The van der Waals surface area contributed by atoms with E-state index in [1.807, 2.05) is 11.3 Å². The molecule has 4 nitrogen and oxygen atoms in total. The molecule has 2 aromatic heterocycles. The second-order valence-electron chi connectivity index (χ2n) is 12.8. The van der Waals surface area contributed by atoms with Crippen molar-refractivity contribution >= 4 is 39.2 Å². The van der Waals surface area contributed by atoms with Crippen LogP contribution in [0.1, 0.15) is 100 Å². The van der Waals surface area contributed by atoms with Gasteiger partial charge in [0.05, 0.1) is 5.75 Å². The van der Waals surface area contributed by atoms with E-state index in [0.29, 0.717) is 11.8 Å². The van der Waals surface area contributed by atoms with Crippen LogP contribution in [0.5, 0.6) is 0 Å². The Morgan fingerprint density at radius 3 is 2.46 bits per heavy atom. The number of aryl methyl sites for hydroxylation is 1. The highest BCUT2D eigenvalue weighted by Crippen LogP contribution is 2.60. The maximum atomic E-state index is 12.9. The first-order chi connectivity index (χ1) is 17.0. The highest BCUT2D eigenvalue weighted by atomic mass is 32.2. The van der Waals surface area contributed by atoms with Gasteiger partial charge in [-0.2, -0.15) is 0 Å². The maximum absolute atomic E-state index is 12.9. The normalized spacial score (nSPS) is 34.3. The zero-order chi connectivity index (χ0) is 23.6. The van der Waals surface area contributed by atoms with E-state index in [1.165, 1.54) is 91.3 Å². The summed E-state index contributed by atoms with van der Waals surface area (Å²) in [7, 11) is 0. The molecule has 0 unspecified atom stereocenters. The molecule has 6 aliphatic carbocycles. The third-order valence-corrected chi connectivity index (χ3v) is 12.1. The first-order valence-electron chi connectivity index (χ1n) is 14.3. The lowest BCUT2D eigenvalue weighted by atomic mass is 9.49. The van der Waals surface area contributed by atoms with Gasteiger partial charge in [0, 0.05) is 21.7 Å². The summed E-state index contributed by atoms with van der Waals surface area (Å²) in [5.74, 6) is 5.20. The first-order valence-corrected chi connectivity index (χ1v) is 16.1. The van der Waals surface area contributed by atoms with E-state index >= 15 is 0 Å². The summed E-state index contributed by atoms with van der Waals surface area (Å²) in [5.41, 5.74) is 1.69. The Morgan fingerprint density at radius 1 is 1.03 bits per heavy atom. The molecule has 1 N–H and O–H groups in total. The summed E-state index contributed by atoms with van der Waals surface area (Å²) in [5, 5.41) is 5.72. The van der Waals surface area contributed by atoms with Crippen molar-refractivity contribution in [1.29, 1.82) is 0 Å². The molecule has 5 fully saturated rings. The number of aromatic nitrogens is 2. The Morgan fingerprint density at radius 2 is 1.74 bits per heavy atom. The molecule has 1 amide bonds. The number of hydrogen-bond donors (Lipinski definition) is 1. The van der Waals surface area contributed by atoms with Crippen molar-refractivity contribution in [3.8, 4) is 0 Å². The smallest absolute Gasteiger partial charge is 0.230 e. The Bertz CT molecular complexity index is 1100. The molecular weight excluding hydrogens is 470 g/mol. The van der Waals surface area contributed by atoms with Crippen molar-refractivity contribution in [3.05, 3.63) is 16.3 Å². The molecule has 5 saturated carbocycles. The Labute approximate surface area is 217 Å². The second-order valence-corrected chi connectivity index (χ2v) is 14.8. The molecule has 6 aliphatic rings. The van der Waals surface area contributed by atoms with Crippen LogP contribution in [0.4, 0.5) is 0 Å². The SMILES string of the molecule is C[C@@H]1CCc2c(sc3nc(C45CC6CC(CC(C6)C4)C5)nc(SCC(=O)NC4CCCCC4)c23)C1. The van der Waals surface area contributed by atoms with Crippen LogP contribution in [0.25, 0.3) is 10.2 Å².